The van der Waals surface area contributed by atoms with Crippen LogP contribution in [0.2, 0.25) is 45.8 Å². The smallest absolute Gasteiger partial charge is 0.506 e. The molecule has 0 rings (SSSR count). The van der Waals surface area contributed by atoms with E-state index in [2.05, 4.69) is 39.3 Å². The van der Waals surface area contributed by atoms with E-state index in [1.807, 2.05) is 26.5 Å². The summed E-state index contributed by atoms with van der Waals surface area (Å²) in [5, 5.41) is 0. The normalized spacial score (nSPS) is 15.0. The van der Waals surface area contributed by atoms with Gasteiger partial charge in [0.1, 0.15) is 0 Å². The van der Waals surface area contributed by atoms with Gasteiger partial charge in [0.15, 0.2) is 16.6 Å². The SMILES string of the molecule is CC=C(C)O[Si](C)(O[Si](C)(C)C)O[Si](C)(C)C. The van der Waals surface area contributed by atoms with Gasteiger partial charge in [0, 0.05) is 6.55 Å². The molecule has 0 heterocycles. The molecular weight excluding hydrogens is 264 g/mol. The van der Waals surface area contributed by atoms with E-state index >= 15 is 0 Å². The van der Waals surface area contributed by atoms with Gasteiger partial charge < -0.3 is 12.7 Å². The second kappa shape index (κ2) is 5.83. The van der Waals surface area contributed by atoms with Gasteiger partial charge in [-0.2, -0.15) is 0 Å². The molecule has 0 unspecified atom stereocenters. The summed E-state index contributed by atoms with van der Waals surface area (Å²) in [5.41, 5.74) is 0. The third-order valence-corrected chi connectivity index (χ3v) is 10.3. The fraction of sp³-hybridized carbons (Fsp3) is 0.818. The Balaban J connectivity index is 4.94. The van der Waals surface area contributed by atoms with Gasteiger partial charge >= 0.3 is 8.80 Å². The van der Waals surface area contributed by atoms with Crippen molar-refractivity contribution in [3.8, 4) is 0 Å². The van der Waals surface area contributed by atoms with Crippen molar-refractivity contribution in [2.45, 2.75) is 59.7 Å². The summed E-state index contributed by atoms with van der Waals surface area (Å²) in [6, 6.07) is 0. The number of allylic oxidation sites excluding steroid dienone is 2. The molecule has 6 heteroatoms. The van der Waals surface area contributed by atoms with Crippen LogP contribution >= 0.6 is 0 Å². The largest absolute Gasteiger partial charge is 0.541 e. The Kier molecular flexibility index (Phi) is 5.87. The molecule has 0 N–H and O–H groups in total. The number of hydrogen-bond donors (Lipinski definition) is 0. The van der Waals surface area contributed by atoms with Crippen LogP contribution in [0, 0.1) is 0 Å². The second-order valence-electron chi connectivity index (χ2n) is 6.29. The molecule has 0 aromatic rings. The van der Waals surface area contributed by atoms with Crippen molar-refractivity contribution >= 4 is 25.4 Å². The Morgan fingerprint density at radius 3 is 1.41 bits per heavy atom. The summed E-state index contributed by atoms with van der Waals surface area (Å²) in [4.78, 5) is 0. The van der Waals surface area contributed by atoms with Crippen LogP contribution < -0.4 is 0 Å². The van der Waals surface area contributed by atoms with Crippen LogP contribution in [-0.2, 0) is 12.7 Å². The Labute approximate surface area is 110 Å². The zero-order valence-corrected chi connectivity index (χ0v) is 15.8. The van der Waals surface area contributed by atoms with E-state index in [0.717, 1.165) is 5.76 Å². The summed E-state index contributed by atoms with van der Waals surface area (Å²) >= 11 is 0. The predicted molar refractivity (Wildman–Crippen MR) is 81.0 cm³/mol. The summed E-state index contributed by atoms with van der Waals surface area (Å²) in [6.07, 6.45) is 1.95. The van der Waals surface area contributed by atoms with E-state index in [1.54, 1.807) is 0 Å². The minimum absolute atomic E-state index is 0.885. The molecule has 3 nitrogen and oxygen atoms in total. The van der Waals surface area contributed by atoms with E-state index in [1.165, 1.54) is 0 Å². The van der Waals surface area contributed by atoms with Crippen molar-refractivity contribution in [1.29, 1.82) is 0 Å². The molecule has 0 fully saturated rings. The maximum absolute atomic E-state index is 6.20. The quantitative estimate of drug-likeness (QED) is 0.542. The first kappa shape index (κ1) is 17.1. The summed E-state index contributed by atoms with van der Waals surface area (Å²) < 4.78 is 18.4. The average molecular weight is 293 g/mol. The highest BCUT2D eigenvalue weighted by Gasteiger charge is 2.44. The first-order valence-electron chi connectivity index (χ1n) is 6.09. The molecule has 0 bridgehead atoms. The lowest BCUT2D eigenvalue weighted by Gasteiger charge is -2.37. The molecule has 0 amide bonds. The van der Waals surface area contributed by atoms with Crippen LogP contribution in [0.3, 0.4) is 0 Å². The van der Waals surface area contributed by atoms with Crippen LogP contribution in [0.5, 0.6) is 0 Å². The van der Waals surface area contributed by atoms with Gasteiger partial charge in [-0.1, -0.05) is 6.08 Å². The van der Waals surface area contributed by atoms with E-state index in [0.29, 0.717) is 0 Å². The van der Waals surface area contributed by atoms with Crippen molar-refractivity contribution in [2.24, 2.45) is 0 Å². The van der Waals surface area contributed by atoms with E-state index < -0.39 is 25.4 Å². The van der Waals surface area contributed by atoms with E-state index in [-0.39, 0.29) is 0 Å². The third-order valence-electron chi connectivity index (χ3n) is 1.74. The molecule has 0 aromatic carbocycles. The van der Waals surface area contributed by atoms with Crippen molar-refractivity contribution in [3.05, 3.63) is 11.8 Å². The maximum Gasteiger partial charge on any atom is 0.541 e. The van der Waals surface area contributed by atoms with Crippen LogP contribution in [0.1, 0.15) is 13.8 Å². The van der Waals surface area contributed by atoms with Gasteiger partial charge in [-0.25, -0.2) is 0 Å². The van der Waals surface area contributed by atoms with Crippen LogP contribution in [0.15, 0.2) is 11.8 Å². The average Bonchev–Trinajstić information content (AvgIpc) is 1.94. The zero-order chi connectivity index (χ0) is 13.9. The molecule has 0 atom stereocenters. The Bertz CT molecular complexity index is 261. The van der Waals surface area contributed by atoms with E-state index in [9.17, 15) is 0 Å². The molecule has 0 aliphatic heterocycles. The Morgan fingerprint density at radius 2 is 1.18 bits per heavy atom. The first-order chi connectivity index (χ1) is 7.37. The molecule has 0 aliphatic rings. The fourth-order valence-corrected chi connectivity index (χ4v) is 12.0. The number of rotatable bonds is 6. The molecule has 0 spiro atoms. The minimum atomic E-state index is -2.55. The van der Waals surface area contributed by atoms with Crippen LogP contribution in [0.25, 0.3) is 0 Å². The van der Waals surface area contributed by atoms with Crippen LogP contribution in [-0.4, -0.2) is 25.4 Å². The molecule has 102 valence electrons. The summed E-state index contributed by atoms with van der Waals surface area (Å²) in [6.45, 7) is 18.9. The molecule has 0 saturated heterocycles. The maximum atomic E-state index is 6.20. The van der Waals surface area contributed by atoms with Gasteiger partial charge in [-0.05, 0) is 53.1 Å². The molecular formula is C11H28O3Si3. The van der Waals surface area contributed by atoms with E-state index in [4.69, 9.17) is 12.7 Å². The lowest BCUT2D eigenvalue weighted by atomic mass is 10.5. The standard InChI is InChI=1S/C11H28O3Si3/c1-10-11(2)12-17(9,13-15(3,4)5)14-16(6,7)8/h10H,1-9H3. The highest BCUT2D eigenvalue weighted by molar-refractivity contribution is 6.85. The predicted octanol–water partition coefficient (Wildman–Crippen LogP) is 4.20. The minimum Gasteiger partial charge on any atom is -0.506 e. The molecule has 17 heavy (non-hydrogen) atoms. The summed E-state index contributed by atoms with van der Waals surface area (Å²) in [7, 11) is -5.88. The lowest BCUT2D eigenvalue weighted by molar-refractivity contribution is 0.217. The number of hydrogen-bond acceptors (Lipinski definition) is 3. The van der Waals surface area contributed by atoms with Crippen molar-refractivity contribution in [3.63, 3.8) is 0 Å². The lowest BCUT2D eigenvalue weighted by Crippen LogP contribution is -2.54. The van der Waals surface area contributed by atoms with Gasteiger partial charge in [0.05, 0.1) is 5.76 Å². The highest BCUT2D eigenvalue weighted by atomic mass is 28.5. The van der Waals surface area contributed by atoms with Gasteiger partial charge in [-0.15, -0.1) is 0 Å². The van der Waals surface area contributed by atoms with Crippen LogP contribution in [0.4, 0.5) is 0 Å². The second-order valence-corrected chi connectivity index (χ2v) is 18.3. The van der Waals surface area contributed by atoms with Gasteiger partial charge in [0.2, 0.25) is 0 Å². The molecule has 0 saturated carbocycles. The molecule has 0 aromatic heterocycles. The van der Waals surface area contributed by atoms with Crippen molar-refractivity contribution < 1.29 is 12.7 Å². The molecule has 0 radical (unpaired) electrons. The topological polar surface area (TPSA) is 27.7 Å². The van der Waals surface area contributed by atoms with Crippen molar-refractivity contribution in [2.75, 3.05) is 0 Å². The monoisotopic (exact) mass is 292 g/mol. The third kappa shape index (κ3) is 8.78. The Hall–Kier alpha value is 0.111. The first-order valence-corrected chi connectivity index (χ1v) is 15.1. The zero-order valence-electron chi connectivity index (χ0n) is 12.8. The van der Waals surface area contributed by atoms with Gasteiger partial charge in [-0.3, -0.25) is 0 Å². The van der Waals surface area contributed by atoms with Gasteiger partial charge in [0.25, 0.3) is 0 Å². The fourth-order valence-electron chi connectivity index (χ4n) is 1.53. The Morgan fingerprint density at radius 1 is 0.824 bits per heavy atom. The highest BCUT2D eigenvalue weighted by Crippen LogP contribution is 2.23. The van der Waals surface area contributed by atoms with Crippen molar-refractivity contribution in [1.82, 2.24) is 0 Å². The summed E-state index contributed by atoms with van der Waals surface area (Å²) in [5.74, 6) is 0.885. The molecule has 0 aliphatic carbocycles.